The summed E-state index contributed by atoms with van der Waals surface area (Å²) in [6.07, 6.45) is 5.34. The Hall–Kier alpha value is -2.28. The number of hydrogen-bond donors (Lipinski definition) is 1. The van der Waals surface area contributed by atoms with Crippen LogP contribution in [0.1, 0.15) is 39.0 Å². The van der Waals surface area contributed by atoms with E-state index in [1.807, 2.05) is 6.07 Å². The van der Waals surface area contributed by atoms with E-state index in [0.29, 0.717) is 36.1 Å². The molecule has 1 aliphatic rings. The number of aryl methyl sites for hydroxylation is 1. The molecular weight excluding hydrogens is 332 g/mol. The van der Waals surface area contributed by atoms with E-state index in [1.165, 1.54) is 23.9 Å². The molecule has 0 radical (unpaired) electrons. The van der Waals surface area contributed by atoms with E-state index in [0.717, 1.165) is 6.42 Å². The van der Waals surface area contributed by atoms with Gasteiger partial charge in [-0.2, -0.15) is 0 Å². The van der Waals surface area contributed by atoms with Crippen molar-refractivity contribution in [1.29, 1.82) is 0 Å². The number of fused-ring (bicyclic) bond motifs is 1. The Balaban J connectivity index is 1.41. The zero-order valence-electron chi connectivity index (χ0n) is 15.2. The molecule has 2 aromatic rings. The number of nitrogens with one attached hydrogen (secondary N) is 1. The van der Waals surface area contributed by atoms with Crippen molar-refractivity contribution in [2.75, 3.05) is 13.2 Å². The van der Waals surface area contributed by atoms with Crippen molar-refractivity contribution in [1.82, 2.24) is 20.3 Å². The molecule has 1 aliphatic carbocycles. The van der Waals surface area contributed by atoms with Gasteiger partial charge in [-0.3, -0.25) is 9.59 Å². The number of aromatic nitrogens is 3. The number of nitrogens with zero attached hydrogens (tertiary/aromatic N) is 3. The second kappa shape index (κ2) is 8.89. The Labute approximate surface area is 152 Å². The highest BCUT2D eigenvalue weighted by molar-refractivity contribution is 5.77. The molecule has 0 bridgehead atoms. The average molecular weight is 358 g/mol. The number of hydrogen-bond acceptors (Lipinski definition) is 5. The van der Waals surface area contributed by atoms with E-state index in [9.17, 15) is 9.59 Å². The molecule has 1 fully saturated rings. The minimum Gasteiger partial charge on any atom is -0.376 e. The maximum Gasteiger partial charge on any atom is 0.277 e. The van der Waals surface area contributed by atoms with Gasteiger partial charge in [0.05, 0.1) is 24.6 Å². The fraction of sp³-hybridized carbons (Fsp3) is 0.579. The quantitative estimate of drug-likeness (QED) is 0.764. The van der Waals surface area contributed by atoms with Crippen LogP contribution in [0.15, 0.2) is 29.1 Å². The maximum absolute atomic E-state index is 12.3. The lowest BCUT2D eigenvalue weighted by Gasteiger charge is -2.28. The Bertz CT molecular complexity index is 805. The molecule has 1 aromatic carbocycles. The summed E-state index contributed by atoms with van der Waals surface area (Å²) in [5.41, 5.74) is 0.338. The van der Waals surface area contributed by atoms with E-state index in [2.05, 4.69) is 22.6 Å². The lowest BCUT2D eigenvalue weighted by atomic mass is 9.88. The predicted molar refractivity (Wildman–Crippen MR) is 98.8 cm³/mol. The zero-order chi connectivity index (χ0) is 18.4. The van der Waals surface area contributed by atoms with Crippen LogP contribution in [-0.2, 0) is 16.1 Å². The van der Waals surface area contributed by atoms with Crippen molar-refractivity contribution in [2.24, 2.45) is 5.92 Å². The van der Waals surface area contributed by atoms with Crippen molar-refractivity contribution in [3.05, 3.63) is 34.6 Å². The molecule has 0 aliphatic heterocycles. The lowest BCUT2D eigenvalue weighted by Crippen LogP contribution is -2.33. The molecule has 1 saturated carbocycles. The standard InChI is InChI=1S/C19H26N4O3/c1-14-6-2-5-9-17(14)26-13-11-20-18(24)10-12-23-19(25)15-7-3-4-8-16(15)21-22-23/h3-4,7-8,14,17H,2,5-6,9-13H2,1H3,(H,20,24). The lowest BCUT2D eigenvalue weighted by molar-refractivity contribution is -0.121. The molecule has 2 unspecified atom stereocenters. The largest absolute Gasteiger partial charge is 0.376 e. The van der Waals surface area contributed by atoms with E-state index >= 15 is 0 Å². The average Bonchev–Trinajstić information content (AvgIpc) is 2.66. The summed E-state index contributed by atoms with van der Waals surface area (Å²) >= 11 is 0. The second-order valence-corrected chi connectivity index (χ2v) is 6.91. The number of benzene rings is 1. The van der Waals surface area contributed by atoms with Crippen LogP contribution >= 0.6 is 0 Å². The van der Waals surface area contributed by atoms with Crippen LogP contribution < -0.4 is 10.9 Å². The molecule has 7 heteroatoms. The van der Waals surface area contributed by atoms with Crippen LogP contribution in [0.5, 0.6) is 0 Å². The highest BCUT2D eigenvalue weighted by Crippen LogP contribution is 2.25. The molecule has 26 heavy (non-hydrogen) atoms. The molecule has 1 heterocycles. The van der Waals surface area contributed by atoms with Gasteiger partial charge in [0.25, 0.3) is 5.56 Å². The van der Waals surface area contributed by atoms with Gasteiger partial charge in [-0.25, -0.2) is 4.68 Å². The third kappa shape index (κ3) is 4.66. The van der Waals surface area contributed by atoms with Crippen molar-refractivity contribution >= 4 is 16.8 Å². The van der Waals surface area contributed by atoms with Crippen molar-refractivity contribution in [3.63, 3.8) is 0 Å². The fourth-order valence-electron chi connectivity index (χ4n) is 3.40. The topological polar surface area (TPSA) is 86.1 Å². The molecule has 1 N–H and O–H groups in total. The summed E-state index contributed by atoms with van der Waals surface area (Å²) in [5.74, 6) is 0.477. The number of carbonyl (C=O) groups excluding carboxylic acids is 1. The van der Waals surface area contributed by atoms with Crippen molar-refractivity contribution in [3.8, 4) is 0 Å². The molecular formula is C19H26N4O3. The minimum atomic E-state index is -0.224. The molecule has 3 rings (SSSR count). The highest BCUT2D eigenvalue weighted by Gasteiger charge is 2.21. The van der Waals surface area contributed by atoms with Gasteiger partial charge in [-0.1, -0.05) is 37.1 Å². The van der Waals surface area contributed by atoms with Crippen molar-refractivity contribution < 1.29 is 9.53 Å². The zero-order valence-corrected chi connectivity index (χ0v) is 15.2. The first kappa shape index (κ1) is 18.5. The molecule has 0 spiro atoms. The number of carbonyl (C=O) groups is 1. The van der Waals surface area contributed by atoms with Gasteiger partial charge in [0.15, 0.2) is 0 Å². The molecule has 7 nitrogen and oxygen atoms in total. The van der Waals surface area contributed by atoms with Crippen LogP contribution in [0.25, 0.3) is 10.9 Å². The first-order valence-corrected chi connectivity index (χ1v) is 9.36. The van der Waals surface area contributed by atoms with Crippen LogP contribution in [-0.4, -0.2) is 40.2 Å². The number of amides is 1. The maximum atomic E-state index is 12.3. The van der Waals surface area contributed by atoms with E-state index in [-0.39, 0.29) is 24.4 Å². The van der Waals surface area contributed by atoms with Gasteiger partial charge in [-0.05, 0) is 30.9 Å². The molecule has 1 aromatic heterocycles. The Kier molecular flexibility index (Phi) is 6.33. The Morgan fingerprint density at radius 3 is 2.96 bits per heavy atom. The molecule has 0 saturated heterocycles. The van der Waals surface area contributed by atoms with Gasteiger partial charge >= 0.3 is 0 Å². The minimum absolute atomic E-state index is 0.118. The third-order valence-corrected chi connectivity index (χ3v) is 4.97. The molecule has 2 atom stereocenters. The summed E-state index contributed by atoms with van der Waals surface area (Å²) in [6.45, 7) is 3.45. The number of rotatable bonds is 7. The van der Waals surface area contributed by atoms with Gasteiger partial charge < -0.3 is 10.1 Å². The van der Waals surface area contributed by atoms with E-state index < -0.39 is 0 Å². The SMILES string of the molecule is CC1CCCCC1OCCNC(=O)CCn1nnc2ccccc2c1=O. The smallest absolute Gasteiger partial charge is 0.277 e. The Morgan fingerprint density at radius 2 is 2.12 bits per heavy atom. The van der Waals surface area contributed by atoms with E-state index in [4.69, 9.17) is 4.74 Å². The monoisotopic (exact) mass is 358 g/mol. The van der Waals surface area contributed by atoms with Gasteiger partial charge in [0.1, 0.15) is 5.52 Å². The van der Waals surface area contributed by atoms with Crippen LogP contribution in [0.2, 0.25) is 0 Å². The number of ether oxygens (including phenoxy) is 1. The summed E-state index contributed by atoms with van der Waals surface area (Å²) in [4.78, 5) is 24.3. The highest BCUT2D eigenvalue weighted by atomic mass is 16.5. The molecule has 140 valence electrons. The predicted octanol–water partition coefficient (Wildman–Crippen LogP) is 1.89. The summed E-state index contributed by atoms with van der Waals surface area (Å²) in [7, 11) is 0. The van der Waals surface area contributed by atoms with Crippen LogP contribution in [0.4, 0.5) is 0 Å². The summed E-state index contributed by atoms with van der Waals surface area (Å²) in [6, 6.07) is 7.06. The van der Waals surface area contributed by atoms with E-state index in [1.54, 1.807) is 18.2 Å². The summed E-state index contributed by atoms with van der Waals surface area (Å²) in [5, 5.41) is 11.3. The van der Waals surface area contributed by atoms with Crippen molar-refractivity contribution in [2.45, 2.75) is 51.7 Å². The normalized spacial score (nSPS) is 20.2. The van der Waals surface area contributed by atoms with Crippen LogP contribution in [0.3, 0.4) is 0 Å². The summed E-state index contributed by atoms with van der Waals surface area (Å²) < 4.78 is 7.12. The van der Waals surface area contributed by atoms with Gasteiger partial charge in [-0.15, -0.1) is 5.10 Å². The second-order valence-electron chi connectivity index (χ2n) is 6.91. The van der Waals surface area contributed by atoms with Gasteiger partial charge in [0, 0.05) is 13.0 Å². The first-order valence-electron chi connectivity index (χ1n) is 9.36. The van der Waals surface area contributed by atoms with Crippen LogP contribution in [0, 0.1) is 5.92 Å². The third-order valence-electron chi connectivity index (χ3n) is 4.97. The fourth-order valence-corrected chi connectivity index (χ4v) is 3.40. The van der Waals surface area contributed by atoms with Gasteiger partial charge in [0.2, 0.25) is 5.91 Å². The first-order chi connectivity index (χ1) is 12.6. The molecule has 1 amide bonds. The Morgan fingerprint density at radius 1 is 1.31 bits per heavy atom.